The van der Waals surface area contributed by atoms with Gasteiger partial charge in [0, 0.05) is 30.7 Å². The third-order valence-corrected chi connectivity index (χ3v) is 5.73. The summed E-state index contributed by atoms with van der Waals surface area (Å²) in [6.07, 6.45) is 3.36. The Morgan fingerprint density at radius 1 is 1.15 bits per heavy atom. The molecule has 27 heavy (non-hydrogen) atoms. The van der Waals surface area contributed by atoms with Crippen LogP contribution in [-0.2, 0) is 16.3 Å². The molecule has 1 aromatic heterocycles. The van der Waals surface area contributed by atoms with Crippen LogP contribution >= 0.6 is 0 Å². The number of fused-ring (bicyclic) bond motifs is 1. The van der Waals surface area contributed by atoms with Crippen molar-refractivity contribution in [2.24, 2.45) is 5.92 Å². The summed E-state index contributed by atoms with van der Waals surface area (Å²) in [5.41, 5.74) is 3.06. The lowest BCUT2D eigenvalue weighted by Crippen LogP contribution is -2.21. The fourth-order valence-electron chi connectivity index (χ4n) is 3.00. The number of anilines is 1. The highest BCUT2D eigenvalue weighted by Gasteiger charge is 2.14. The van der Waals surface area contributed by atoms with E-state index in [9.17, 15) is 13.5 Å². The van der Waals surface area contributed by atoms with Crippen molar-refractivity contribution in [1.82, 2.24) is 9.97 Å². The first-order valence-corrected chi connectivity index (χ1v) is 10.6. The van der Waals surface area contributed by atoms with Gasteiger partial charge in [-0.05, 0) is 42.7 Å². The van der Waals surface area contributed by atoms with Crippen molar-refractivity contribution in [3.8, 4) is 0 Å². The first kappa shape index (κ1) is 19.3. The second-order valence-corrected chi connectivity index (χ2v) is 8.75. The predicted octanol–water partition coefficient (Wildman–Crippen LogP) is 2.60. The minimum Gasteiger partial charge on any atom is -0.396 e. The fourth-order valence-corrected chi connectivity index (χ4v) is 3.65. The zero-order valence-electron chi connectivity index (χ0n) is 15.4. The van der Waals surface area contributed by atoms with Gasteiger partial charge in [-0.15, -0.1) is 0 Å². The molecule has 3 rings (SSSR count). The van der Waals surface area contributed by atoms with Crippen molar-refractivity contribution in [2.75, 3.05) is 24.7 Å². The Balaban J connectivity index is 1.82. The predicted molar refractivity (Wildman–Crippen MR) is 107 cm³/mol. The highest BCUT2D eigenvalue weighted by Crippen LogP contribution is 2.23. The number of sulfone groups is 1. The zero-order valence-corrected chi connectivity index (χ0v) is 16.2. The van der Waals surface area contributed by atoms with E-state index in [-0.39, 0.29) is 17.4 Å². The highest BCUT2D eigenvalue weighted by molar-refractivity contribution is 7.90. The smallest absolute Gasteiger partial charge is 0.175 e. The molecule has 142 valence electrons. The highest BCUT2D eigenvalue weighted by atomic mass is 32.2. The molecule has 0 radical (unpaired) electrons. The number of aliphatic hydroxyl groups is 1. The first-order chi connectivity index (χ1) is 12.9. The summed E-state index contributed by atoms with van der Waals surface area (Å²) in [4.78, 5) is 8.69. The maximum absolute atomic E-state index is 11.8. The number of aliphatic hydroxyl groups excluding tert-OH is 1. The molecule has 0 aliphatic heterocycles. The van der Waals surface area contributed by atoms with Crippen molar-refractivity contribution >= 4 is 26.6 Å². The lowest BCUT2D eigenvalue weighted by Gasteiger charge is -2.17. The number of benzene rings is 2. The summed E-state index contributed by atoms with van der Waals surface area (Å²) >= 11 is 0. The molecule has 0 bridgehead atoms. The molecule has 7 heteroatoms. The van der Waals surface area contributed by atoms with Crippen LogP contribution in [0, 0.1) is 12.8 Å². The Bertz CT molecular complexity index is 1050. The van der Waals surface area contributed by atoms with Crippen molar-refractivity contribution in [3.63, 3.8) is 0 Å². The molecule has 1 atom stereocenters. The first-order valence-electron chi connectivity index (χ1n) is 8.72. The van der Waals surface area contributed by atoms with E-state index < -0.39 is 9.84 Å². The number of aryl methyl sites for hydroxylation is 1. The molecule has 2 N–H and O–H groups in total. The molecule has 6 nitrogen and oxygen atoms in total. The van der Waals surface area contributed by atoms with Gasteiger partial charge in [0.1, 0.15) is 12.1 Å². The van der Waals surface area contributed by atoms with Gasteiger partial charge in [-0.2, -0.15) is 0 Å². The van der Waals surface area contributed by atoms with Gasteiger partial charge in [0.05, 0.1) is 10.4 Å². The third-order valence-electron chi connectivity index (χ3n) is 4.62. The monoisotopic (exact) mass is 385 g/mol. The lowest BCUT2D eigenvalue weighted by molar-refractivity contribution is 0.232. The van der Waals surface area contributed by atoms with Crippen molar-refractivity contribution in [1.29, 1.82) is 0 Å². The van der Waals surface area contributed by atoms with Crippen LogP contribution in [0.1, 0.15) is 11.1 Å². The minimum absolute atomic E-state index is 0.00852. The Morgan fingerprint density at radius 3 is 2.63 bits per heavy atom. The number of nitrogens with zero attached hydrogens (tertiary/aromatic N) is 2. The largest absolute Gasteiger partial charge is 0.396 e. The van der Waals surface area contributed by atoms with E-state index in [0.29, 0.717) is 23.3 Å². The molecule has 3 aromatic rings. The zero-order chi connectivity index (χ0) is 19.4. The maximum Gasteiger partial charge on any atom is 0.175 e. The lowest BCUT2D eigenvalue weighted by atomic mass is 9.96. The van der Waals surface area contributed by atoms with Crippen LogP contribution in [0.3, 0.4) is 0 Å². The molecule has 0 saturated carbocycles. The molecule has 0 aliphatic rings. The van der Waals surface area contributed by atoms with Gasteiger partial charge in [-0.25, -0.2) is 18.4 Å². The van der Waals surface area contributed by atoms with E-state index in [1.54, 1.807) is 18.2 Å². The topological polar surface area (TPSA) is 92.2 Å². The molecule has 2 aromatic carbocycles. The summed E-state index contributed by atoms with van der Waals surface area (Å²) in [5.74, 6) is 0.572. The van der Waals surface area contributed by atoms with Crippen LogP contribution < -0.4 is 5.32 Å². The van der Waals surface area contributed by atoms with Gasteiger partial charge in [0.25, 0.3) is 0 Å². The number of nitrogens with one attached hydrogen (secondary N) is 1. The van der Waals surface area contributed by atoms with Gasteiger partial charge in [0.15, 0.2) is 9.84 Å². The average molecular weight is 385 g/mol. The number of aromatic nitrogens is 2. The van der Waals surface area contributed by atoms with Crippen LogP contribution in [0.15, 0.2) is 53.7 Å². The summed E-state index contributed by atoms with van der Waals surface area (Å²) in [7, 11) is -3.32. The van der Waals surface area contributed by atoms with Crippen LogP contribution in [0.5, 0.6) is 0 Å². The molecule has 1 heterocycles. The van der Waals surface area contributed by atoms with Crippen molar-refractivity contribution in [2.45, 2.75) is 18.2 Å². The minimum atomic E-state index is -3.32. The van der Waals surface area contributed by atoms with Gasteiger partial charge < -0.3 is 10.4 Å². The second-order valence-electron chi connectivity index (χ2n) is 6.73. The molecular formula is C20H23N3O3S. The standard InChI is InChI=1S/C20H23N3O3S/c1-14-5-3-4-6-16(14)9-15(12-24)11-21-20-18-10-17(27(2,25)26)7-8-19(18)22-13-23-20/h3-8,10,13,15,24H,9,11-12H2,1-2H3,(H,21,22,23)/t15-/m0/s1. The Kier molecular flexibility index (Phi) is 5.72. The van der Waals surface area contributed by atoms with E-state index in [0.717, 1.165) is 6.42 Å². The summed E-state index contributed by atoms with van der Waals surface area (Å²) < 4.78 is 23.7. The molecular weight excluding hydrogens is 362 g/mol. The average Bonchev–Trinajstić information content (AvgIpc) is 2.65. The molecule has 0 saturated heterocycles. The number of rotatable bonds is 7. The summed E-state index contributed by atoms with van der Waals surface area (Å²) in [5, 5.41) is 13.7. The van der Waals surface area contributed by atoms with Gasteiger partial charge in [-0.1, -0.05) is 24.3 Å². The number of hydrogen-bond acceptors (Lipinski definition) is 6. The molecule has 0 aliphatic carbocycles. The van der Waals surface area contributed by atoms with Crippen molar-refractivity contribution < 1.29 is 13.5 Å². The Labute approximate surface area is 159 Å². The van der Waals surface area contributed by atoms with E-state index in [4.69, 9.17) is 0 Å². The normalized spacial score (nSPS) is 12.9. The van der Waals surface area contributed by atoms with Gasteiger partial charge in [-0.3, -0.25) is 0 Å². The van der Waals surface area contributed by atoms with Gasteiger partial charge >= 0.3 is 0 Å². The van der Waals surface area contributed by atoms with Crippen LogP contribution in [0.4, 0.5) is 5.82 Å². The van der Waals surface area contributed by atoms with E-state index >= 15 is 0 Å². The van der Waals surface area contributed by atoms with Crippen LogP contribution in [-0.4, -0.2) is 42.9 Å². The molecule has 0 unspecified atom stereocenters. The number of hydrogen-bond donors (Lipinski definition) is 2. The molecule has 0 fully saturated rings. The molecule has 0 amide bonds. The van der Waals surface area contributed by atoms with E-state index in [2.05, 4.69) is 34.3 Å². The Morgan fingerprint density at radius 2 is 1.93 bits per heavy atom. The van der Waals surface area contributed by atoms with E-state index in [1.807, 2.05) is 12.1 Å². The van der Waals surface area contributed by atoms with E-state index in [1.165, 1.54) is 23.7 Å². The van der Waals surface area contributed by atoms with Crippen LogP contribution in [0.25, 0.3) is 10.9 Å². The summed E-state index contributed by atoms with van der Waals surface area (Å²) in [6.45, 7) is 2.61. The second kappa shape index (κ2) is 8.02. The fraction of sp³-hybridized carbons (Fsp3) is 0.300. The molecule has 0 spiro atoms. The quantitative estimate of drug-likeness (QED) is 0.649. The van der Waals surface area contributed by atoms with Gasteiger partial charge in [0.2, 0.25) is 0 Å². The SMILES string of the molecule is Cc1ccccc1C[C@H](CO)CNc1ncnc2ccc(S(C)(=O)=O)cc12. The summed E-state index contributed by atoms with van der Waals surface area (Å²) in [6, 6.07) is 12.9. The van der Waals surface area contributed by atoms with Crippen molar-refractivity contribution in [3.05, 3.63) is 59.9 Å². The third kappa shape index (κ3) is 4.61. The Hall–Kier alpha value is -2.51. The van der Waals surface area contributed by atoms with Crippen LogP contribution in [0.2, 0.25) is 0 Å². The maximum atomic E-state index is 11.8.